The standard InChI is InChI=1S/C11H12O4.2Na/c12-10(13)8-4-1-2-5(7-3-6(4)7)9(8)11(14)15;;/h1-2,4-9H,3H2,(H,12,13)(H,14,15);;/q;2*+1/p-2/t4-,5+,6+,7-,8-,9+;;. The number of carbonyl (C=O) groups is 2. The van der Waals surface area contributed by atoms with Gasteiger partial charge in [0.2, 0.25) is 0 Å². The molecule has 0 amide bonds. The van der Waals surface area contributed by atoms with E-state index < -0.39 is 23.8 Å². The third-order valence-corrected chi connectivity index (χ3v) is 4.20. The maximum Gasteiger partial charge on any atom is 1.00 e. The van der Waals surface area contributed by atoms with Gasteiger partial charge in [-0.25, -0.2) is 0 Å². The molecule has 0 radical (unpaired) electrons. The van der Waals surface area contributed by atoms with Crippen LogP contribution in [0.1, 0.15) is 6.42 Å². The van der Waals surface area contributed by atoms with Crippen LogP contribution in [0.2, 0.25) is 0 Å². The van der Waals surface area contributed by atoms with Gasteiger partial charge in [-0.3, -0.25) is 0 Å². The first-order valence-corrected chi connectivity index (χ1v) is 5.21. The Balaban J connectivity index is 0.000000722. The summed E-state index contributed by atoms with van der Waals surface area (Å²) in [5, 5.41) is 22.0. The van der Waals surface area contributed by atoms with E-state index in [4.69, 9.17) is 0 Å². The van der Waals surface area contributed by atoms with Crippen molar-refractivity contribution in [1.82, 2.24) is 0 Å². The Kier molecular flexibility index (Phi) is 4.95. The van der Waals surface area contributed by atoms with Crippen molar-refractivity contribution in [2.45, 2.75) is 6.42 Å². The molecule has 4 aliphatic carbocycles. The molecule has 2 fully saturated rings. The van der Waals surface area contributed by atoms with Gasteiger partial charge in [-0.05, 0) is 30.1 Å². The summed E-state index contributed by atoms with van der Waals surface area (Å²) >= 11 is 0. The van der Waals surface area contributed by atoms with Crippen LogP contribution in [0.3, 0.4) is 0 Å². The Morgan fingerprint density at radius 3 is 1.53 bits per heavy atom. The summed E-state index contributed by atoms with van der Waals surface area (Å²) in [6, 6.07) is 0. The number of rotatable bonds is 2. The van der Waals surface area contributed by atoms with E-state index in [9.17, 15) is 19.8 Å². The Bertz CT molecular complexity index is 348. The topological polar surface area (TPSA) is 80.3 Å². The molecule has 0 aromatic heterocycles. The zero-order chi connectivity index (χ0) is 10.7. The summed E-state index contributed by atoms with van der Waals surface area (Å²) in [6.45, 7) is 0. The molecule has 6 heteroatoms. The molecule has 0 aromatic rings. The average molecular weight is 252 g/mol. The Hall–Kier alpha value is 0.680. The second kappa shape index (κ2) is 5.35. The molecule has 0 N–H and O–H groups in total. The quantitative estimate of drug-likeness (QED) is 0.361. The van der Waals surface area contributed by atoms with Crippen LogP contribution in [0.5, 0.6) is 0 Å². The van der Waals surface area contributed by atoms with Crippen LogP contribution in [-0.4, -0.2) is 11.9 Å². The number of aliphatic carboxylic acids is 2. The van der Waals surface area contributed by atoms with Gasteiger partial charge in [0.1, 0.15) is 0 Å². The van der Waals surface area contributed by atoms with Gasteiger partial charge in [0, 0.05) is 23.8 Å². The molecule has 0 unspecified atom stereocenters. The van der Waals surface area contributed by atoms with E-state index in [0.29, 0.717) is 11.8 Å². The van der Waals surface area contributed by atoms with Crippen LogP contribution in [0.25, 0.3) is 0 Å². The zero-order valence-electron chi connectivity index (χ0n) is 9.96. The molecular formula is C11H10Na2O4. The third kappa shape index (κ3) is 2.28. The molecule has 0 saturated heterocycles. The first-order valence-electron chi connectivity index (χ1n) is 5.21. The van der Waals surface area contributed by atoms with Crippen molar-refractivity contribution in [2.24, 2.45) is 35.5 Å². The smallest absolute Gasteiger partial charge is 0.550 e. The molecule has 6 atom stereocenters. The van der Waals surface area contributed by atoms with Gasteiger partial charge in [0.05, 0.1) is 0 Å². The van der Waals surface area contributed by atoms with Crippen LogP contribution < -0.4 is 69.3 Å². The molecule has 0 aliphatic heterocycles. The minimum absolute atomic E-state index is 0. The van der Waals surface area contributed by atoms with Crippen molar-refractivity contribution < 1.29 is 78.9 Å². The van der Waals surface area contributed by atoms with Gasteiger partial charge >= 0.3 is 59.1 Å². The summed E-state index contributed by atoms with van der Waals surface area (Å²) in [7, 11) is 0. The molecular weight excluding hydrogens is 242 g/mol. The minimum Gasteiger partial charge on any atom is -0.550 e. The molecule has 17 heavy (non-hydrogen) atoms. The van der Waals surface area contributed by atoms with E-state index in [2.05, 4.69) is 0 Å². The third-order valence-electron chi connectivity index (χ3n) is 4.20. The number of hydrogen-bond acceptors (Lipinski definition) is 4. The summed E-state index contributed by atoms with van der Waals surface area (Å²) in [5.74, 6) is -3.79. The van der Waals surface area contributed by atoms with E-state index in [1.807, 2.05) is 12.2 Å². The average Bonchev–Trinajstić information content (AvgIpc) is 2.96. The maximum absolute atomic E-state index is 11.0. The second-order valence-electron chi connectivity index (χ2n) is 4.79. The number of hydrogen-bond donors (Lipinski definition) is 0. The van der Waals surface area contributed by atoms with E-state index >= 15 is 0 Å². The maximum atomic E-state index is 11.0. The van der Waals surface area contributed by atoms with Crippen molar-refractivity contribution in [3.8, 4) is 0 Å². The molecule has 80 valence electrons. The van der Waals surface area contributed by atoms with E-state index in [1.165, 1.54) is 0 Å². The van der Waals surface area contributed by atoms with Gasteiger partial charge in [-0.15, -0.1) is 0 Å². The van der Waals surface area contributed by atoms with Crippen LogP contribution in [0, 0.1) is 35.5 Å². The predicted molar refractivity (Wildman–Crippen MR) is 44.7 cm³/mol. The second-order valence-corrected chi connectivity index (χ2v) is 4.79. The van der Waals surface area contributed by atoms with Gasteiger partial charge in [0.25, 0.3) is 0 Å². The normalized spacial score (nSPS) is 44.0. The first-order chi connectivity index (χ1) is 7.11. The fourth-order valence-corrected chi connectivity index (χ4v) is 3.52. The van der Waals surface area contributed by atoms with Gasteiger partial charge in [-0.2, -0.15) is 0 Å². The Morgan fingerprint density at radius 2 is 1.24 bits per heavy atom. The van der Waals surface area contributed by atoms with E-state index in [0.717, 1.165) is 6.42 Å². The number of fused-ring (bicyclic) bond motifs is 1. The SMILES string of the molecule is O=C([O-])[C@@H]1[C@@H]2C=C[C@@H]([C@H]3C[C@@H]23)[C@@H]1C(=O)[O-].[Na+].[Na+]. The monoisotopic (exact) mass is 252 g/mol. The van der Waals surface area contributed by atoms with Crippen LogP contribution in [0.15, 0.2) is 12.2 Å². The van der Waals surface area contributed by atoms with Gasteiger partial charge in [-0.1, -0.05) is 12.2 Å². The predicted octanol–water partition coefficient (Wildman–Crippen LogP) is -7.82. The molecule has 4 nitrogen and oxygen atoms in total. The summed E-state index contributed by atoms with van der Waals surface area (Å²) in [6.07, 6.45) is 4.67. The van der Waals surface area contributed by atoms with Crippen LogP contribution in [0.4, 0.5) is 0 Å². The van der Waals surface area contributed by atoms with Crippen LogP contribution in [-0.2, 0) is 9.59 Å². The number of carbonyl (C=O) groups excluding carboxylic acids is 2. The summed E-state index contributed by atoms with van der Waals surface area (Å²) in [5.41, 5.74) is 0. The largest absolute Gasteiger partial charge is 1.00 e. The zero-order valence-corrected chi connectivity index (χ0v) is 14.0. The van der Waals surface area contributed by atoms with Crippen molar-refractivity contribution in [2.75, 3.05) is 0 Å². The van der Waals surface area contributed by atoms with Crippen molar-refractivity contribution in [1.29, 1.82) is 0 Å². The molecule has 4 aliphatic rings. The molecule has 0 aromatic carbocycles. The van der Waals surface area contributed by atoms with Gasteiger partial charge in [0.15, 0.2) is 0 Å². The Morgan fingerprint density at radius 1 is 0.882 bits per heavy atom. The van der Waals surface area contributed by atoms with Crippen molar-refractivity contribution in [3.05, 3.63) is 12.2 Å². The fraction of sp³-hybridized carbons (Fsp3) is 0.636. The molecule has 2 saturated carbocycles. The molecule has 2 bridgehead atoms. The number of allylic oxidation sites excluding steroid dienone is 2. The number of carboxylic acid groups (broad SMARTS) is 2. The fourth-order valence-electron chi connectivity index (χ4n) is 3.52. The van der Waals surface area contributed by atoms with Crippen molar-refractivity contribution >= 4 is 11.9 Å². The molecule has 0 spiro atoms. The van der Waals surface area contributed by atoms with E-state index in [-0.39, 0.29) is 71.0 Å². The molecule has 4 rings (SSSR count). The molecule has 0 heterocycles. The van der Waals surface area contributed by atoms with Crippen LogP contribution >= 0.6 is 0 Å². The summed E-state index contributed by atoms with van der Waals surface area (Å²) < 4.78 is 0. The first kappa shape index (κ1) is 15.7. The summed E-state index contributed by atoms with van der Waals surface area (Å²) in [4.78, 5) is 22.0. The minimum atomic E-state index is -1.24. The number of carboxylic acids is 2. The van der Waals surface area contributed by atoms with Gasteiger partial charge < -0.3 is 19.8 Å². The van der Waals surface area contributed by atoms with E-state index in [1.54, 1.807) is 0 Å². The van der Waals surface area contributed by atoms with Crippen molar-refractivity contribution in [3.63, 3.8) is 0 Å². The Labute approximate surface area is 143 Å².